The molecule has 0 spiro atoms. The third-order valence-corrected chi connectivity index (χ3v) is 7.04. The van der Waals surface area contributed by atoms with Crippen molar-refractivity contribution in [3.8, 4) is 0 Å². The molecule has 192 valence electrons. The van der Waals surface area contributed by atoms with E-state index in [0.717, 1.165) is 16.7 Å². The number of nitrogens with one attached hydrogen (secondary N) is 1. The van der Waals surface area contributed by atoms with Crippen molar-refractivity contribution in [3.63, 3.8) is 0 Å². The summed E-state index contributed by atoms with van der Waals surface area (Å²) in [5, 5.41) is 3.40. The van der Waals surface area contributed by atoms with Crippen LogP contribution >= 0.6 is 11.6 Å². The van der Waals surface area contributed by atoms with Gasteiger partial charge in [0.2, 0.25) is 21.8 Å². The van der Waals surface area contributed by atoms with Crippen molar-refractivity contribution >= 4 is 39.1 Å². The number of halogens is 1. The highest BCUT2D eigenvalue weighted by Gasteiger charge is 2.27. The number of hydrogen-bond acceptors (Lipinski definition) is 4. The highest BCUT2D eigenvalue weighted by molar-refractivity contribution is 7.92. The summed E-state index contributed by atoms with van der Waals surface area (Å²) in [5.74, 6) is -0.477. The van der Waals surface area contributed by atoms with Gasteiger partial charge in [0.1, 0.15) is 6.04 Å². The van der Waals surface area contributed by atoms with Gasteiger partial charge in [0.15, 0.2) is 0 Å². The number of carbonyl (C=O) groups excluding carboxylic acids is 2. The summed E-state index contributed by atoms with van der Waals surface area (Å²) in [7, 11) is -3.54. The summed E-state index contributed by atoms with van der Waals surface area (Å²) in [6.45, 7) is 9.57. The molecule has 0 aliphatic heterocycles. The average molecular weight is 522 g/mol. The molecule has 2 aromatic carbocycles. The summed E-state index contributed by atoms with van der Waals surface area (Å²) in [5.41, 5.74) is 3.21. The highest BCUT2D eigenvalue weighted by Crippen LogP contribution is 2.25. The van der Waals surface area contributed by atoms with E-state index in [-0.39, 0.29) is 37.4 Å². The minimum atomic E-state index is -3.54. The van der Waals surface area contributed by atoms with Crippen LogP contribution in [0.15, 0.2) is 42.5 Å². The Kier molecular flexibility index (Phi) is 10.2. The van der Waals surface area contributed by atoms with Gasteiger partial charge in [-0.15, -0.1) is 0 Å². The smallest absolute Gasteiger partial charge is 0.242 e. The van der Waals surface area contributed by atoms with E-state index in [1.807, 2.05) is 52.0 Å². The molecule has 0 saturated heterocycles. The number of aryl methyl sites for hydroxylation is 2. The zero-order valence-corrected chi connectivity index (χ0v) is 22.9. The second kappa shape index (κ2) is 12.4. The SMILES string of the molecule is Cc1ccc(C)c(N(CCCC(=O)N(Cc2cccc(Cl)c2)[C@@H](C)C(=O)NC(C)C)S(C)(=O)=O)c1. The van der Waals surface area contributed by atoms with Crippen LogP contribution in [-0.4, -0.2) is 50.0 Å². The number of anilines is 1. The van der Waals surface area contributed by atoms with Crippen LogP contribution in [0, 0.1) is 13.8 Å². The van der Waals surface area contributed by atoms with E-state index in [0.29, 0.717) is 17.1 Å². The topological polar surface area (TPSA) is 86.8 Å². The zero-order chi connectivity index (χ0) is 26.3. The van der Waals surface area contributed by atoms with E-state index in [4.69, 9.17) is 11.6 Å². The van der Waals surface area contributed by atoms with Crippen LogP contribution in [0.4, 0.5) is 5.69 Å². The lowest BCUT2D eigenvalue weighted by molar-refractivity contribution is -0.140. The molecule has 0 aromatic heterocycles. The Bertz CT molecular complexity index is 1150. The van der Waals surface area contributed by atoms with Crippen LogP contribution in [0.1, 0.15) is 50.3 Å². The fraction of sp³-hybridized carbons (Fsp3) is 0.462. The van der Waals surface area contributed by atoms with Crippen LogP contribution in [-0.2, 0) is 26.2 Å². The number of hydrogen-bond donors (Lipinski definition) is 1. The van der Waals surface area contributed by atoms with Crippen molar-refractivity contribution < 1.29 is 18.0 Å². The Morgan fingerprint density at radius 3 is 2.34 bits per heavy atom. The van der Waals surface area contributed by atoms with E-state index in [1.165, 1.54) is 15.5 Å². The molecule has 2 rings (SSSR count). The Balaban J connectivity index is 2.21. The minimum absolute atomic E-state index is 0.0611. The molecule has 7 nitrogen and oxygen atoms in total. The molecule has 0 heterocycles. The van der Waals surface area contributed by atoms with E-state index < -0.39 is 16.1 Å². The van der Waals surface area contributed by atoms with Gasteiger partial charge in [0.25, 0.3) is 0 Å². The Labute approximate surface area is 214 Å². The summed E-state index contributed by atoms with van der Waals surface area (Å²) < 4.78 is 26.4. The Hall–Kier alpha value is -2.58. The first-order valence-corrected chi connectivity index (χ1v) is 13.9. The van der Waals surface area contributed by atoms with Crippen molar-refractivity contribution in [2.45, 2.75) is 66.1 Å². The molecular weight excluding hydrogens is 486 g/mol. The number of rotatable bonds is 11. The van der Waals surface area contributed by atoms with Crippen molar-refractivity contribution in [1.29, 1.82) is 0 Å². The summed E-state index contributed by atoms with van der Waals surface area (Å²) in [4.78, 5) is 27.5. The standard InChI is InChI=1S/C26H36ClN3O4S/c1-18(2)28-26(32)21(5)29(17-22-9-7-10-23(27)16-22)25(31)11-8-14-30(35(6,33)34)24-15-19(3)12-13-20(24)4/h7,9-10,12-13,15-16,18,21H,8,11,14,17H2,1-6H3,(H,28,32)/t21-/m0/s1. The molecule has 1 atom stereocenters. The second-order valence-electron chi connectivity index (χ2n) is 9.22. The normalized spacial score (nSPS) is 12.3. The lowest BCUT2D eigenvalue weighted by Gasteiger charge is -2.30. The maximum Gasteiger partial charge on any atom is 0.242 e. The average Bonchev–Trinajstić information content (AvgIpc) is 2.75. The number of benzene rings is 2. The van der Waals surface area contributed by atoms with Gasteiger partial charge in [0, 0.05) is 30.6 Å². The van der Waals surface area contributed by atoms with Crippen LogP contribution in [0.5, 0.6) is 0 Å². The monoisotopic (exact) mass is 521 g/mol. The summed E-state index contributed by atoms with van der Waals surface area (Å²) in [6, 6.07) is 12.1. The lowest BCUT2D eigenvalue weighted by atomic mass is 10.1. The van der Waals surface area contributed by atoms with Crippen molar-refractivity contribution in [3.05, 3.63) is 64.2 Å². The van der Waals surface area contributed by atoms with Gasteiger partial charge in [-0.05, 0) is 75.9 Å². The number of sulfonamides is 1. The maximum atomic E-state index is 13.3. The van der Waals surface area contributed by atoms with E-state index in [9.17, 15) is 18.0 Å². The molecule has 0 fully saturated rings. The number of carbonyl (C=O) groups is 2. The molecule has 9 heteroatoms. The third-order valence-electron chi connectivity index (χ3n) is 5.63. The highest BCUT2D eigenvalue weighted by atomic mass is 35.5. The van der Waals surface area contributed by atoms with Gasteiger partial charge in [-0.25, -0.2) is 8.42 Å². The molecule has 2 aromatic rings. The quantitative estimate of drug-likeness (QED) is 0.473. The molecule has 35 heavy (non-hydrogen) atoms. The van der Waals surface area contributed by atoms with Gasteiger partial charge in [-0.2, -0.15) is 0 Å². The molecule has 0 bridgehead atoms. The van der Waals surface area contributed by atoms with Crippen LogP contribution in [0.25, 0.3) is 0 Å². The fourth-order valence-corrected chi connectivity index (χ4v) is 5.02. The van der Waals surface area contributed by atoms with Gasteiger partial charge >= 0.3 is 0 Å². The molecule has 0 unspecified atom stereocenters. The van der Waals surface area contributed by atoms with Crippen LogP contribution < -0.4 is 9.62 Å². The second-order valence-corrected chi connectivity index (χ2v) is 11.6. The third kappa shape index (κ3) is 8.54. The molecule has 1 N–H and O–H groups in total. The molecule has 0 radical (unpaired) electrons. The molecule has 0 aliphatic carbocycles. The maximum absolute atomic E-state index is 13.3. The van der Waals surface area contributed by atoms with Crippen molar-refractivity contribution in [2.24, 2.45) is 0 Å². The van der Waals surface area contributed by atoms with Crippen molar-refractivity contribution in [1.82, 2.24) is 10.2 Å². The lowest BCUT2D eigenvalue weighted by Crippen LogP contribution is -2.49. The van der Waals surface area contributed by atoms with E-state index >= 15 is 0 Å². The predicted octanol–water partition coefficient (Wildman–Crippen LogP) is 4.44. The first kappa shape index (κ1) is 28.7. The minimum Gasteiger partial charge on any atom is -0.352 e. The zero-order valence-electron chi connectivity index (χ0n) is 21.3. The van der Waals surface area contributed by atoms with E-state index in [1.54, 1.807) is 25.1 Å². The molecule has 0 aliphatic rings. The largest absolute Gasteiger partial charge is 0.352 e. The van der Waals surface area contributed by atoms with E-state index in [2.05, 4.69) is 5.32 Å². The van der Waals surface area contributed by atoms with Crippen molar-refractivity contribution in [2.75, 3.05) is 17.1 Å². The van der Waals surface area contributed by atoms with Gasteiger partial charge in [-0.1, -0.05) is 35.9 Å². The first-order chi connectivity index (χ1) is 16.3. The molecule has 2 amide bonds. The van der Waals surface area contributed by atoms with Gasteiger partial charge in [0.05, 0.1) is 11.9 Å². The van der Waals surface area contributed by atoms with Gasteiger partial charge in [-0.3, -0.25) is 13.9 Å². The Morgan fingerprint density at radius 1 is 1.06 bits per heavy atom. The van der Waals surface area contributed by atoms with Crippen LogP contribution in [0.2, 0.25) is 5.02 Å². The van der Waals surface area contributed by atoms with Crippen LogP contribution in [0.3, 0.4) is 0 Å². The summed E-state index contributed by atoms with van der Waals surface area (Å²) in [6.07, 6.45) is 1.57. The number of amides is 2. The fourth-order valence-electron chi connectivity index (χ4n) is 3.79. The first-order valence-electron chi connectivity index (χ1n) is 11.7. The van der Waals surface area contributed by atoms with Gasteiger partial charge < -0.3 is 10.2 Å². The molecular formula is C26H36ClN3O4S. The summed E-state index contributed by atoms with van der Waals surface area (Å²) >= 11 is 6.12. The molecule has 0 saturated carbocycles. The Morgan fingerprint density at radius 2 is 1.74 bits per heavy atom. The number of nitrogens with zero attached hydrogens (tertiary/aromatic N) is 2. The predicted molar refractivity (Wildman–Crippen MR) is 142 cm³/mol.